The number of nitrogens with one attached hydrogen (secondary N) is 2. The Morgan fingerprint density at radius 1 is 1.09 bits per heavy atom. The number of hydrogen-bond donors (Lipinski definition) is 3. The maximum Gasteiger partial charge on any atom is 0.262 e. The number of nitrogens with zero attached hydrogens (tertiary/aromatic N) is 2. The Balaban J connectivity index is 1.52. The average molecular weight is 471 g/mol. The van der Waals surface area contributed by atoms with Gasteiger partial charge in [-0.15, -0.1) is 0 Å². The number of hydrogen-bond acceptors (Lipinski definition) is 6. The van der Waals surface area contributed by atoms with E-state index in [1.807, 2.05) is 31.2 Å². The Morgan fingerprint density at radius 3 is 2.36 bits per heavy atom. The minimum absolute atomic E-state index is 0.0648. The summed E-state index contributed by atoms with van der Waals surface area (Å²) >= 11 is 0. The first-order valence-corrected chi connectivity index (χ1v) is 12.2. The minimum atomic E-state index is -3.95. The number of sulfonamides is 1. The lowest BCUT2D eigenvalue weighted by Gasteiger charge is -2.30. The van der Waals surface area contributed by atoms with Crippen LogP contribution in [-0.2, 0) is 14.8 Å². The van der Waals surface area contributed by atoms with Gasteiger partial charge in [0.05, 0.1) is 11.1 Å². The molecule has 0 bridgehead atoms. The molecule has 0 aliphatic carbocycles. The van der Waals surface area contributed by atoms with Crippen LogP contribution < -0.4 is 10.2 Å². The summed E-state index contributed by atoms with van der Waals surface area (Å²) in [4.78, 5) is 12.3. The Bertz CT molecular complexity index is 1180. The van der Waals surface area contributed by atoms with Crippen molar-refractivity contribution in [1.82, 2.24) is 20.0 Å². The third kappa shape index (κ3) is 4.92. The molecule has 0 saturated carbocycles. The van der Waals surface area contributed by atoms with Crippen molar-refractivity contribution >= 4 is 15.9 Å². The van der Waals surface area contributed by atoms with Crippen LogP contribution in [0.4, 0.5) is 0 Å². The standard InChI is InChI=1S/C23H26N4O5S/c1-16-4-2-3-13-27(22(16)23(28)26-29)33(30,31)21-11-9-20(10-12-21)32-19-7-5-17(6-8-19)18-14-24-25-15-18/h5-12,14-16,22,29H,2-4,13H2,1H3,(H,24,25)(H,26,28)/t16?,22-/m0/s1. The predicted octanol–water partition coefficient (Wildman–Crippen LogP) is 3.55. The topological polar surface area (TPSA) is 125 Å². The summed E-state index contributed by atoms with van der Waals surface area (Å²) in [5.74, 6) is 0.159. The van der Waals surface area contributed by atoms with Crippen LogP contribution >= 0.6 is 0 Å². The van der Waals surface area contributed by atoms with Crippen LogP contribution in [0.5, 0.6) is 11.5 Å². The number of hydroxylamine groups is 1. The molecule has 1 saturated heterocycles. The zero-order valence-corrected chi connectivity index (χ0v) is 19.0. The van der Waals surface area contributed by atoms with Gasteiger partial charge >= 0.3 is 0 Å². The lowest BCUT2D eigenvalue weighted by molar-refractivity contribution is -0.134. The fourth-order valence-electron chi connectivity index (χ4n) is 4.12. The maximum absolute atomic E-state index is 13.4. The number of amides is 1. The molecule has 0 spiro atoms. The summed E-state index contributed by atoms with van der Waals surface area (Å²) in [6.07, 6.45) is 5.70. The second kappa shape index (κ2) is 9.74. The van der Waals surface area contributed by atoms with Gasteiger partial charge in [-0.2, -0.15) is 9.40 Å². The monoisotopic (exact) mass is 470 g/mol. The highest BCUT2D eigenvalue weighted by Crippen LogP contribution is 2.30. The number of ether oxygens (including phenoxy) is 1. The molecule has 2 heterocycles. The van der Waals surface area contributed by atoms with E-state index in [-0.39, 0.29) is 17.4 Å². The molecule has 174 valence electrons. The summed E-state index contributed by atoms with van der Waals surface area (Å²) in [5.41, 5.74) is 3.58. The van der Waals surface area contributed by atoms with E-state index in [1.165, 1.54) is 16.4 Å². The molecular weight excluding hydrogens is 444 g/mol. The second-order valence-corrected chi connectivity index (χ2v) is 9.99. The maximum atomic E-state index is 13.4. The Kier molecular flexibility index (Phi) is 6.77. The van der Waals surface area contributed by atoms with Gasteiger partial charge in [-0.1, -0.05) is 25.5 Å². The smallest absolute Gasteiger partial charge is 0.262 e. The third-order valence-electron chi connectivity index (χ3n) is 5.87. The van der Waals surface area contributed by atoms with Gasteiger partial charge in [0.15, 0.2) is 0 Å². The van der Waals surface area contributed by atoms with Gasteiger partial charge in [0.25, 0.3) is 5.91 Å². The first-order chi connectivity index (χ1) is 15.9. The van der Waals surface area contributed by atoms with Crippen molar-refractivity contribution in [2.24, 2.45) is 5.92 Å². The number of aromatic nitrogens is 2. The summed E-state index contributed by atoms with van der Waals surface area (Å²) in [7, 11) is -3.95. The lowest BCUT2D eigenvalue weighted by Crippen LogP contribution is -2.51. The molecular formula is C23H26N4O5S. The average Bonchev–Trinajstić information content (AvgIpc) is 3.29. The molecule has 3 N–H and O–H groups in total. The van der Waals surface area contributed by atoms with Crippen LogP contribution in [0.25, 0.3) is 11.1 Å². The SMILES string of the molecule is CC1CCCCN(S(=O)(=O)c2ccc(Oc3ccc(-c4cn[nH]c4)cc3)cc2)[C@@H]1C(=O)NO. The quantitative estimate of drug-likeness (QED) is 0.374. The van der Waals surface area contributed by atoms with E-state index >= 15 is 0 Å². The van der Waals surface area contributed by atoms with Crippen molar-refractivity contribution in [1.29, 1.82) is 0 Å². The van der Waals surface area contributed by atoms with Gasteiger partial charge < -0.3 is 4.74 Å². The van der Waals surface area contributed by atoms with E-state index in [0.29, 0.717) is 24.3 Å². The molecule has 9 nitrogen and oxygen atoms in total. The molecule has 4 rings (SSSR count). The van der Waals surface area contributed by atoms with Crippen molar-refractivity contribution in [3.8, 4) is 22.6 Å². The normalized spacial score (nSPS) is 19.6. The molecule has 33 heavy (non-hydrogen) atoms. The molecule has 1 fully saturated rings. The van der Waals surface area contributed by atoms with Crippen LogP contribution in [0.15, 0.2) is 65.8 Å². The summed E-state index contributed by atoms with van der Waals surface area (Å²) in [5, 5.41) is 15.9. The lowest BCUT2D eigenvalue weighted by atomic mass is 9.97. The Labute approximate surface area is 192 Å². The highest BCUT2D eigenvalue weighted by atomic mass is 32.2. The third-order valence-corrected chi connectivity index (χ3v) is 7.76. The summed E-state index contributed by atoms with van der Waals surface area (Å²) < 4.78 is 33.7. The summed E-state index contributed by atoms with van der Waals surface area (Å²) in [6.45, 7) is 2.04. The van der Waals surface area contributed by atoms with Gasteiger partial charge in [-0.25, -0.2) is 13.9 Å². The van der Waals surface area contributed by atoms with Crippen molar-refractivity contribution in [2.75, 3.05) is 6.54 Å². The molecule has 0 radical (unpaired) electrons. The molecule has 2 aromatic carbocycles. The number of carbonyl (C=O) groups excluding carboxylic acids is 1. The fraction of sp³-hybridized carbons (Fsp3) is 0.304. The fourth-order valence-corrected chi connectivity index (χ4v) is 5.84. The van der Waals surface area contributed by atoms with Gasteiger partial charge in [0, 0.05) is 18.3 Å². The molecule has 10 heteroatoms. The van der Waals surface area contributed by atoms with E-state index in [9.17, 15) is 13.2 Å². The molecule has 2 atom stereocenters. The largest absolute Gasteiger partial charge is 0.457 e. The molecule has 1 amide bonds. The molecule has 1 aliphatic heterocycles. The number of benzene rings is 2. The first-order valence-electron chi connectivity index (χ1n) is 10.7. The number of H-pyrrole nitrogens is 1. The van der Waals surface area contributed by atoms with E-state index in [1.54, 1.807) is 30.0 Å². The van der Waals surface area contributed by atoms with Gasteiger partial charge in [-0.05, 0) is 60.7 Å². The molecule has 1 unspecified atom stereocenters. The molecule has 3 aromatic rings. The Hall–Kier alpha value is -3.21. The van der Waals surface area contributed by atoms with Crippen LogP contribution in [0, 0.1) is 5.92 Å². The van der Waals surface area contributed by atoms with Crippen molar-refractivity contribution in [3.05, 3.63) is 60.9 Å². The van der Waals surface area contributed by atoms with Crippen LogP contribution in [-0.4, -0.2) is 46.6 Å². The van der Waals surface area contributed by atoms with Crippen molar-refractivity contribution in [2.45, 2.75) is 37.1 Å². The van der Waals surface area contributed by atoms with Crippen molar-refractivity contribution in [3.63, 3.8) is 0 Å². The van der Waals surface area contributed by atoms with Crippen LogP contribution in [0.2, 0.25) is 0 Å². The van der Waals surface area contributed by atoms with E-state index in [4.69, 9.17) is 9.94 Å². The van der Waals surface area contributed by atoms with Gasteiger partial charge in [-0.3, -0.25) is 15.1 Å². The number of aromatic amines is 1. The number of carbonyl (C=O) groups is 1. The zero-order chi connectivity index (χ0) is 23.4. The highest BCUT2D eigenvalue weighted by Gasteiger charge is 2.40. The minimum Gasteiger partial charge on any atom is -0.457 e. The zero-order valence-electron chi connectivity index (χ0n) is 18.1. The van der Waals surface area contributed by atoms with E-state index in [2.05, 4.69) is 10.2 Å². The van der Waals surface area contributed by atoms with Crippen molar-refractivity contribution < 1.29 is 23.2 Å². The van der Waals surface area contributed by atoms with Gasteiger partial charge in [0.1, 0.15) is 17.5 Å². The van der Waals surface area contributed by atoms with Crippen LogP contribution in [0.3, 0.4) is 0 Å². The molecule has 1 aliphatic rings. The van der Waals surface area contributed by atoms with Crippen LogP contribution in [0.1, 0.15) is 26.2 Å². The Morgan fingerprint density at radius 2 is 1.76 bits per heavy atom. The van der Waals surface area contributed by atoms with E-state index < -0.39 is 22.0 Å². The first kappa shape index (κ1) is 23.0. The van der Waals surface area contributed by atoms with E-state index in [0.717, 1.165) is 17.5 Å². The summed E-state index contributed by atoms with van der Waals surface area (Å²) in [6, 6.07) is 12.6. The predicted molar refractivity (Wildman–Crippen MR) is 121 cm³/mol. The van der Waals surface area contributed by atoms with Gasteiger partial charge in [0.2, 0.25) is 10.0 Å². The number of rotatable bonds is 6. The second-order valence-electron chi connectivity index (χ2n) is 8.09. The molecule has 1 aromatic heterocycles. The highest BCUT2D eigenvalue weighted by molar-refractivity contribution is 7.89.